The molecule has 2 rings (SSSR count). The van der Waals surface area contributed by atoms with Crippen molar-refractivity contribution in [3.05, 3.63) is 71.1 Å². The number of alkyl halides is 3. The van der Waals surface area contributed by atoms with Crippen molar-refractivity contribution in [3.8, 4) is 0 Å². The molecule has 0 atom stereocenters. The highest BCUT2D eigenvalue weighted by molar-refractivity contribution is 7.94. The summed E-state index contributed by atoms with van der Waals surface area (Å²) in [4.78, 5) is -0.255. The number of sulfone groups is 1. The van der Waals surface area contributed by atoms with Crippen LogP contribution in [0.1, 0.15) is 11.1 Å². The summed E-state index contributed by atoms with van der Waals surface area (Å²) in [7, 11) is -3.93. The van der Waals surface area contributed by atoms with Crippen molar-refractivity contribution < 1.29 is 21.6 Å². The summed E-state index contributed by atoms with van der Waals surface area (Å²) in [6.07, 6.45) is -4.51. The first kappa shape index (κ1) is 16.6. The molecule has 22 heavy (non-hydrogen) atoms. The van der Waals surface area contributed by atoms with Gasteiger partial charge < -0.3 is 0 Å². The maximum atomic E-state index is 12.5. The zero-order chi connectivity index (χ0) is 16.4. The zero-order valence-corrected chi connectivity index (χ0v) is 12.6. The van der Waals surface area contributed by atoms with Gasteiger partial charge in [0, 0.05) is 0 Å². The Balaban J connectivity index is 2.35. The Hall–Kier alpha value is -1.79. The molecule has 0 amide bonds. The van der Waals surface area contributed by atoms with Crippen molar-refractivity contribution >= 4 is 26.5 Å². The summed E-state index contributed by atoms with van der Waals surface area (Å²) in [5.41, 5.74) is -0.413. The number of benzene rings is 2. The Morgan fingerprint density at radius 2 is 1.50 bits per heavy atom. The monoisotopic (exact) mass is 346 g/mol. The molecule has 0 radical (unpaired) electrons. The maximum Gasteiger partial charge on any atom is 0.416 e. The third-order valence-corrected chi connectivity index (χ3v) is 4.75. The summed E-state index contributed by atoms with van der Waals surface area (Å²) in [6.45, 7) is 0. The topological polar surface area (TPSA) is 34.1 Å². The Kier molecular flexibility index (Phi) is 4.63. The molecule has 0 aliphatic carbocycles. The predicted octanol–water partition coefficient (Wildman–Crippen LogP) is 4.72. The molecular weight excluding hydrogens is 337 g/mol. The van der Waals surface area contributed by atoms with Crippen LogP contribution in [-0.4, -0.2) is 8.42 Å². The molecule has 0 aliphatic rings. The van der Waals surface area contributed by atoms with Crippen molar-refractivity contribution in [3.63, 3.8) is 0 Å². The molecule has 0 heterocycles. The van der Waals surface area contributed by atoms with E-state index in [2.05, 4.69) is 0 Å². The molecule has 0 N–H and O–H groups in total. The lowest BCUT2D eigenvalue weighted by Crippen LogP contribution is -2.05. The first-order valence-corrected chi connectivity index (χ1v) is 7.97. The van der Waals surface area contributed by atoms with E-state index in [1.165, 1.54) is 0 Å². The van der Waals surface area contributed by atoms with Crippen molar-refractivity contribution in [2.24, 2.45) is 0 Å². The third-order valence-electron chi connectivity index (χ3n) is 2.82. The van der Waals surface area contributed by atoms with E-state index in [-0.39, 0.29) is 9.93 Å². The fourth-order valence-corrected chi connectivity index (χ4v) is 3.24. The Bertz CT molecular complexity index is 780. The zero-order valence-electron chi connectivity index (χ0n) is 11.0. The quantitative estimate of drug-likeness (QED) is 0.806. The number of rotatable bonds is 3. The molecule has 0 saturated heterocycles. The molecule has 116 valence electrons. The summed E-state index contributed by atoms with van der Waals surface area (Å²) in [6, 6.07) is 11.6. The second-order valence-electron chi connectivity index (χ2n) is 4.40. The van der Waals surface area contributed by atoms with Gasteiger partial charge in [-0.2, -0.15) is 13.2 Å². The van der Waals surface area contributed by atoms with Crippen LogP contribution in [0.2, 0.25) is 0 Å². The van der Waals surface area contributed by atoms with Crippen LogP contribution in [0.15, 0.2) is 64.9 Å². The van der Waals surface area contributed by atoms with Gasteiger partial charge in [-0.1, -0.05) is 41.9 Å². The van der Waals surface area contributed by atoms with Crippen LogP contribution in [0.5, 0.6) is 0 Å². The molecule has 0 aliphatic heterocycles. The van der Waals surface area contributed by atoms with Gasteiger partial charge in [-0.3, -0.25) is 0 Å². The second-order valence-corrected chi connectivity index (χ2v) is 6.60. The number of halogens is 4. The van der Waals surface area contributed by atoms with Crippen LogP contribution in [0, 0.1) is 0 Å². The van der Waals surface area contributed by atoms with E-state index >= 15 is 0 Å². The number of hydrogen-bond donors (Lipinski definition) is 0. The molecule has 0 fully saturated rings. The van der Waals surface area contributed by atoms with E-state index in [1.54, 1.807) is 30.3 Å². The van der Waals surface area contributed by atoms with Gasteiger partial charge in [-0.05, 0) is 29.8 Å². The summed E-state index contributed by atoms with van der Waals surface area (Å²) in [5, 5.41) is 0.812. The van der Waals surface area contributed by atoms with E-state index < -0.39 is 21.6 Å². The third kappa shape index (κ3) is 3.90. The average molecular weight is 347 g/mol. The van der Waals surface area contributed by atoms with E-state index in [0.717, 1.165) is 29.7 Å². The lowest BCUT2D eigenvalue weighted by molar-refractivity contribution is -0.137. The highest BCUT2D eigenvalue weighted by Crippen LogP contribution is 2.30. The minimum Gasteiger partial charge on any atom is -0.219 e. The molecule has 0 aromatic heterocycles. The first-order chi connectivity index (χ1) is 10.2. The van der Waals surface area contributed by atoms with Crippen LogP contribution in [-0.2, 0) is 16.0 Å². The minimum atomic E-state index is -4.51. The van der Waals surface area contributed by atoms with Crippen molar-refractivity contribution in [1.29, 1.82) is 0 Å². The summed E-state index contributed by atoms with van der Waals surface area (Å²) in [5.74, 6) is 0. The van der Waals surface area contributed by atoms with Gasteiger partial charge >= 0.3 is 6.18 Å². The predicted molar refractivity (Wildman–Crippen MR) is 78.9 cm³/mol. The summed E-state index contributed by atoms with van der Waals surface area (Å²) >= 11 is 5.95. The van der Waals surface area contributed by atoms with Gasteiger partial charge in [0.25, 0.3) is 0 Å². The summed E-state index contributed by atoms with van der Waals surface area (Å²) < 4.78 is 61.7. The Morgan fingerprint density at radius 1 is 0.955 bits per heavy atom. The molecule has 0 spiro atoms. The molecule has 2 aromatic rings. The SMILES string of the molecule is O=S(=O)(/C=C(\Cl)c1ccccc1)c1ccc(C(F)(F)F)cc1. The Labute approximate surface area is 130 Å². The molecule has 0 unspecified atom stereocenters. The number of hydrogen-bond acceptors (Lipinski definition) is 2. The molecule has 2 aromatic carbocycles. The first-order valence-electron chi connectivity index (χ1n) is 6.05. The minimum absolute atomic E-state index is 0.0134. The smallest absolute Gasteiger partial charge is 0.219 e. The second kappa shape index (κ2) is 6.14. The largest absolute Gasteiger partial charge is 0.416 e. The highest BCUT2D eigenvalue weighted by atomic mass is 35.5. The molecule has 0 bridgehead atoms. The van der Waals surface area contributed by atoms with Crippen LogP contribution in [0.4, 0.5) is 13.2 Å². The van der Waals surface area contributed by atoms with Gasteiger partial charge in [0.1, 0.15) is 0 Å². The average Bonchev–Trinajstić information content (AvgIpc) is 2.47. The normalized spacial score (nSPS) is 13.2. The van der Waals surface area contributed by atoms with Crippen molar-refractivity contribution in [1.82, 2.24) is 0 Å². The highest BCUT2D eigenvalue weighted by Gasteiger charge is 2.30. The molecule has 2 nitrogen and oxygen atoms in total. The molecular formula is C15H10ClF3O2S. The van der Waals surface area contributed by atoms with Gasteiger partial charge in [-0.25, -0.2) is 8.42 Å². The van der Waals surface area contributed by atoms with E-state index in [0.29, 0.717) is 5.56 Å². The van der Waals surface area contributed by atoms with Crippen LogP contribution < -0.4 is 0 Å². The van der Waals surface area contributed by atoms with Crippen molar-refractivity contribution in [2.45, 2.75) is 11.1 Å². The Morgan fingerprint density at radius 3 is 2.00 bits per heavy atom. The van der Waals surface area contributed by atoms with Crippen LogP contribution >= 0.6 is 11.6 Å². The van der Waals surface area contributed by atoms with Crippen molar-refractivity contribution in [2.75, 3.05) is 0 Å². The fourth-order valence-electron chi connectivity index (χ4n) is 1.70. The van der Waals surface area contributed by atoms with E-state index in [4.69, 9.17) is 11.6 Å². The fraction of sp³-hybridized carbons (Fsp3) is 0.0667. The lowest BCUT2D eigenvalue weighted by Gasteiger charge is -2.07. The van der Waals surface area contributed by atoms with Gasteiger partial charge in [0.05, 0.1) is 20.9 Å². The van der Waals surface area contributed by atoms with E-state index in [1.807, 2.05) is 0 Å². The van der Waals surface area contributed by atoms with Gasteiger partial charge in [-0.15, -0.1) is 0 Å². The maximum absolute atomic E-state index is 12.5. The molecule has 0 saturated carbocycles. The lowest BCUT2D eigenvalue weighted by atomic mass is 10.2. The van der Waals surface area contributed by atoms with Crippen LogP contribution in [0.3, 0.4) is 0 Å². The van der Waals surface area contributed by atoms with E-state index in [9.17, 15) is 21.6 Å². The van der Waals surface area contributed by atoms with Gasteiger partial charge in [0.15, 0.2) is 0 Å². The standard InChI is InChI=1S/C15H10ClF3O2S/c16-14(11-4-2-1-3-5-11)10-22(20,21)13-8-6-12(7-9-13)15(17,18)19/h1-10H/b14-10-. The van der Waals surface area contributed by atoms with Crippen LogP contribution in [0.25, 0.3) is 5.03 Å². The van der Waals surface area contributed by atoms with Gasteiger partial charge in [0.2, 0.25) is 9.84 Å². The molecule has 7 heteroatoms.